The first-order valence-electron chi connectivity index (χ1n) is 15.1. The normalized spacial score (nSPS) is 12.6. The number of hydrogen-bond donors (Lipinski definition) is 1. The van der Waals surface area contributed by atoms with E-state index in [2.05, 4.69) is 15.1 Å². The number of rotatable bonds is 7. The molecule has 0 aliphatic rings. The minimum Gasteiger partial charge on any atom is -0.443 e. The van der Waals surface area contributed by atoms with E-state index in [1.165, 1.54) is 18.3 Å². The molecule has 0 unspecified atom stereocenters. The first-order chi connectivity index (χ1) is 22.2. The Balaban J connectivity index is 1.89. The lowest BCUT2D eigenvalue weighted by atomic mass is 10.1. The number of hydrogen-bond acceptors (Lipinski definition) is 11. The smallest absolute Gasteiger partial charge is 0.425 e. The molecule has 0 spiro atoms. The average Bonchev–Trinajstić information content (AvgIpc) is 3.46. The van der Waals surface area contributed by atoms with Gasteiger partial charge in [0.1, 0.15) is 16.9 Å². The van der Waals surface area contributed by atoms with Crippen LogP contribution in [-0.4, -0.2) is 58.0 Å². The Kier molecular flexibility index (Phi) is 10.1. The monoisotopic (exact) mass is 676 g/mol. The number of ether oxygens (including phenoxy) is 2. The second kappa shape index (κ2) is 13.6. The Morgan fingerprint density at radius 2 is 1.40 bits per heavy atom. The zero-order valence-electron chi connectivity index (χ0n) is 28.4. The summed E-state index contributed by atoms with van der Waals surface area (Å²) in [5, 5.41) is 3.60. The lowest BCUT2D eigenvalue weighted by Gasteiger charge is -2.28. The van der Waals surface area contributed by atoms with Crippen LogP contribution >= 0.6 is 0 Å². The molecule has 0 saturated heterocycles. The van der Waals surface area contributed by atoms with Gasteiger partial charge in [0.05, 0.1) is 33.6 Å². The fourth-order valence-corrected chi connectivity index (χ4v) is 5.29. The lowest BCUT2D eigenvalue weighted by molar-refractivity contribution is 0.0429. The maximum Gasteiger partial charge on any atom is 0.425 e. The first-order valence-corrected chi connectivity index (χ1v) is 16.7. The van der Waals surface area contributed by atoms with Gasteiger partial charge in [-0.25, -0.2) is 33.0 Å². The molecule has 2 N–H and O–H groups in total. The number of amides is 2. The molecule has 2 aromatic carbocycles. The summed E-state index contributed by atoms with van der Waals surface area (Å²) in [7, 11) is -3.51. The summed E-state index contributed by atoms with van der Waals surface area (Å²) in [5.74, 6) is 0.255. The highest BCUT2D eigenvalue weighted by atomic mass is 32.2. The van der Waals surface area contributed by atoms with Crippen LogP contribution in [-0.2, 0) is 19.3 Å². The number of amidine groups is 1. The predicted octanol–water partition coefficient (Wildman–Crippen LogP) is 7.33. The van der Waals surface area contributed by atoms with Gasteiger partial charge in [-0.1, -0.05) is 29.4 Å². The standard InChI is InChI=1S/C34H40N6O7S/c1-20(2)48(43,44)25-16-12-23(13-17-25)27-19-36-30(40(31(41)45-33(4,5)6)32(42)46-34(7,8)9)29(38-27)28-18-26(39-47-28)22-10-14-24(15-11-22)37-21(3)35/h10-20H,1-9H3,(H2,35,37). The molecule has 4 rings (SSSR count). The SMILES string of the molecule is CC(N)=Nc1ccc(-c2cc(-c3nc(-c4ccc(S(=O)(=O)C(C)C)cc4)cnc3N(C(=O)OC(C)(C)C)C(=O)OC(C)(C)C)on2)cc1. The third-order valence-corrected chi connectivity index (χ3v) is 8.60. The maximum atomic E-state index is 13.6. The van der Waals surface area contributed by atoms with Gasteiger partial charge in [-0.3, -0.25) is 0 Å². The zero-order valence-corrected chi connectivity index (χ0v) is 29.2. The van der Waals surface area contributed by atoms with Crippen molar-refractivity contribution in [3.63, 3.8) is 0 Å². The summed E-state index contributed by atoms with van der Waals surface area (Å²) in [6, 6.07) is 14.9. The quantitative estimate of drug-likeness (QED) is 0.153. The molecule has 254 valence electrons. The van der Waals surface area contributed by atoms with Crippen molar-refractivity contribution in [1.29, 1.82) is 0 Å². The molecule has 2 amide bonds. The highest BCUT2D eigenvalue weighted by molar-refractivity contribution is 7.92. The molecule has 2 aromatic heterocycles. The van der Waals surface area contributed by atoms with Crippen LogP contribution in [0.15, 0.2) is 75.2 Å². The van der Waals surface area contributed by atoms with Crippen molar-refractivity contribution in [3.8, 4) is 34.0 Å². The van der Waals surface area contributed by atoms with Crippen LogP contribution in [0.4, 0.5) is 21.1 Å². The van der Waals surface area contributed by atoms with Crippen molar-refractivity contribution in [2.75, 3.05) is 4.90 Å². The van der Waals surface area contributed by atoms with Crippen molar-refractivity contribution in [3.05, 3.63) is 60.8 Å². The molecule has 4 aromatic rings. The average molecular weight is 677 g/mol. The van der Waals surface area contributed by atoms with Crippen LogP contribution in [0, 0.1) is 0 Å². The topological polar surface area (TPSA) is 180 Å². The number of nitrogens with two attached hydrogens (primary N) is 1. The Labute approximate surface area is 280 Å². The third-order valence-electron chi connectivity index (χ3n) is 6.43. The number of anilines is 1. The number of benzene rings is 2. The molecule has 48 heavy (non-hydrogen) atoms. The summed E-state index contributed by atoms with van der Waals surface area (Å²) in [4.78, 5) is 41.4. The molecule has 0 fully saturated rings. The van der Waals surface area contributed by atoms with Crippen LogP contribution < -0.4 is 10.6 Å². The Morgan fingerprint density at radius 1 is 0.875 bits per heavy atom. The second-order valence-electron chi connectivity index (χ2n) is 13.2. The second-order valence-corrected chi connectivity index (χ2v) is 15.7. The fourth-order valence-electron chi connectivity index (χ4n) is 4.23. The van der Waals surface area contributed by atoms with Gasteiger partial charge in [0.25, 0.3) is 0 Å². The van der Waals surface area contributed by atoms with Gasteiger partial charge >= 0.3 is 12.2 Å². The first kappa shape index (κ1) is 35.7. The zero-order chi connectivity index (χ0) is 35.6. The van der Waals surface area contributed by atoms with Crippen LogP contribution in [0.5, 0.6) is 0 Å². The Morgan fingerprint density at radius 3 is 1.90 bits per heavy atom. The van der Waals surface area contributed by atoms with Gasteiger partial charge in [0.15, 0.2) is 27.1 Å². The lowest BCUT2D eigenvalue weighted by Crippen LogP contribution is -2.44. The number of aliphatic imine (C=N–C) groups is 1. The van der Waals surface area contributed by atoms with Gasteiger partial charge < -0.3 is 19.7 Å². The van der Waals surface area contributed by atoms with E-state index in [-0.39, 0.29) is 22.2 Å². The molecular weight excluding hydrogens is 636 g/mol. The van der Waals surface area contributed by atoms with Gasteiger partial charge in [0, 0.05) is 17.2 Å². The molecule has 0 aliphatic heterocycles. The molecular formula is C34H40N6O7S. The number of nitrogens with zero attached hydrogens (tertiary/aromatic N) is 5. The van der Waals surface area contributed by atoms with E-state index in [1.54, 1.807) is 105 Å². The molecule has 2 heterocycles. The van der Waals surface area contributed by atoms with Crippen molar-refractivity contribution in [1.82, 2.24) is 15.1 Å². The van der Waals surface area contributed by atoms with Crippen LogP contribution in [0.2, 0.25) is 0 Å². The van der Waals surface area contributed by atoms with E-state index in [0.29, 0.717) is 38.9 Å². The highest BCUT2D eigenvalue weighted by Crippen LogP contribution is 2.35. The number of aromatic nitrogens is 3. The summed E-state index contributed by atoms with van der Waals surface area (Å²) in [6.45, 7) is 14.8. The van der Waals surface area contributed by atoms with E-state index in [9.17, 15) is 18.0 Å². The van der Waals surface area contributed by atoms with Gasteiger partial charge in [-0.05, 0) is 86.6 Å². The molecule has 0 saturated carbocycles. The van der Waals surface area contributed by atoms with Crippen LogP contribution in [0.3, 0.4) is 0 Å². The molecule has 13 nitrogen and oxygen atoms in total. The van der Waals surface area contributed by atoms with E-state index < -0.39 is 38.5 Å². The highest BCUT2D eigenvalue weighted by Gasteiger charge is 2.37. The summed E-state index contributed by atoms with van der Waals surface area (Å²) in [5.41, 5.74) is 6.30. The summed E-state index contributed by atoms with van der Waals surface area (Å²) in [6.07, 6.45) is -0.744. The van der Waals surface area contributed by atoms with E-state index in [0.717, 1.165) is 0 Å². The van der Waals surface area contributed by atoms with Gasteiger partial charge in [-0.2, -0.15) is 4.90 Å². The number of carbonyl (C=O) groups excluding carboxylic acids is 2. The largest absolute Gasteiger partial charge is 0.443 e. The molecule has 14 heteroatoms. The van der Waals surface area contributed by atoms with Crippen molar-refractivity contribution < 1.29 is 32.0 Å². The van der Waals surface area contributed by atoms with Crippen molar-refractivity contribution in [2.45, 2.75) is 83.7 Å². The predicted molar refractivity (Wildman–Crippen MR) is 183 cm³/mol. The minimum absolute atomic E-state index is 0.0261. The Bertz CT molecular complexity index is 1910. The van der Waals surface area contributed by atoms with Crippen molar-refractivity contribution >= 4 is 39.4 Å². The third kappa shape index (κ3) is 8.62. The maximum absolute atomic E-state index is 13.6. The van der Waals surface area contributed by atoms with E-state index >= 15 is 0 Å². The molecule has 0 radical (unpaired) electrons. The van der Waals surface area contributed by atoms with E-state index in [1.807, 2.05) is 0 Å². The van der Waals surface area contributed by atoms with Gasteiger partial charge in [0.2, 0.25) is 0 Å². The molecule has 0 atom stereocenters. The summed E-state index contributed by atoms with van der Waals surface area (Å²) >= 11 is 0. The van der Waals surface area contributed by atoms with Crippen LogP contribution in [0.1, 0.15) is 62.3 Å². The van der Waals surface area contributed by atoms with Crippen molar-refractivity contribution in [2.24, 2.45) is 10.7 Å². The number of imide groups is 1. The fraction of sp³-hybridized carbons (Fsp3) is 0.353. The molecule has 0 bridgehead atoms. The van der Waals surface area contributed by atoms with Crippen LogP contribution in [0.25, 0.3) is 34.0 Å². The molecule has 0 aliphatic carbocycles. The number of sulfone groups is 1. The minimum atomic E-state index is -3.51. The van der Waals surface area contributed by atoms with Gasteiger partial charge in [-0.15, -0.1) is 0 Å². The number of carbonyl (C=O) groups is 2. The summed E-state index contributed by atoms with van der Waals surface area (Å²) < 4.78 is 42.3. The Hall–Kier alpha value is -5.11. The van der Waals surface area contributed by atoms with E-state index in [4.69, 9.17) is 24.7 Å².